The predicted molar refractivity (Wildman–Crippen MR) is 80.1 cm³/mol. The van der Waals surface area contributed by atoms with Gasteiger partial charge in [0.05, 0.1) is 10.5 Å². The molecule has 1 amide bonds. The summed E-state index contributed by atoms with van der Waals surface area (Å²) in [5, 5.41) is 0. The third kappa shape index (κ3) is 3.92. The zero-order valence-electron chi connectivity index (χ0n) is 12.1. The number of carbonyl (C=O) groups excluding carboxylic acids is 1. The Balaban J connectivity index is 2.47. The number of sulfonamides is 1. The Bertz CT molecular complexity index is 837. The Morgan fingerprint density at radius 3 is 2.08 bits per heavy atom. The normalized spacial score (nSPS) is 13.5. The van der Waals surface area contributed by atoms with E-state index in [-0.39, 0.29) is 5.56 Å². The van der Waals surface area contributed by atoms with Crippen molar-refractivity contribution in [3.8, 4) is 0 Å². The van der Waals surface area contributed by atoms with Gasteiger partial charge in [0.1, 0.15) is 6.04 Å². The average Bonchev–Trinajstić information content (AvgIpc) is 2.52. The van der Waals surface area contributed by atoms with E-state index in [0.717, 1.165) is 18.2 Å². The molecule has 24 heavy (non-hydrogen) atoms. The second kappa shape index (κ2) is 6.62. The minimum absolute atomic E-state index is 0.220. The highest BCUT2D eigenvalue weighted by molar-refractivity contribution is 7.89. The highest BCUT2D eigenvalue weighted by Gasteiger charge is 2.38. The number of nitrogens with one attached hydrogen (secondary N) is 1. The molecule has 2 rings (SSSR count). The lowest BCUT2D eigenvalue weighted by Crippen LogP contribution is -2.38. The third-order valence-electron chi connectivity index (χ3n) is 3.17. The van der Waals surface area contributed by atoms with Crippen LogP contribution in [0, 0.1) is 0 Å². The van der Waals surface area contributed by atoms with Crippen molar-refractivity contribution in [2.75, 3.05) is 0 Å². The van der Waals surface area contributed by atoms with Gasteiger partial charge in [-0.15, -0.1) is 0 Å². The van der Waals surface area contributed by atoms with Gasteiger partial charge in [-0.3, -0.25) is 4.79 Å². The maximum absolute atomic E-state index is 13.0. The molecule has 0 aromatic heterocycles. The van der Waals surface area contributed by atoms with E-state index in [0.29, 0.717) is 6.07 Å². The van der Waals surface area contributed by atoms with Gasteiger partial charge in [-0.25, -0.2) is 8.42 Å². The van der Waals surface area contributed by atoms with Crippen LogP contribution in [0.2, 0.25) is 0 Å². The Morgan fingerprint density at radius 1 is 1.00 bits per heavy atom. The lowest BCUT2D eigenvalue weighted by Gasteiger charge is -2.18. The number of primary amides is 1. The van der Waals surface area contributed by atoms with Gasteiger partial charge in [-0.05, 0) is 17.7 Å². The SMILES string of the molecule is NC(=O)C(NS(=O)(=O)c1ccccc1C(F)(F)F)c1ccccc1. The first kappa shape index (κ1) is 18.0. The molecule has 3 N–H and O–H groups in total. The number of carbonyl (C=O) groups is 1. The molecular formula is C15H13F3N2O3S. The summed E-state index contributed by atoms with van der Waals surface area (Å²) < 4.78 is 65.7. The molecule has 0 radical (unpaired) electrons. The molecule has 5 nitrogen and oxygen atoms in total. The summed E-state index contributed by atoms with van der Waals surface area (Å²) in [5.74, 6) is -1.03. The molecule has 0 fully saturated rings. The van der Waals surface area contributed by atoms with Gasteiger partial charge < -0.3 is 5.73 Å². The van der Waals surface area contributed by atoms with Crippen molar-refractivity contribution >= 4 is 15.9 Å². The number of benzene rings is 2. The first-order valence-electron chi connectivity index (χ1n) is 6.66. The minimum Gasteiger partial charge on any atom is -0.368 e. The molecular weight excluding hydrogens is 345 g/mol. The Kier molecular flexibility index (Phi) is 4.95. The third-order valence-corrected chi connectivity index (χ3v) is 4.65. The van der Waals surface area contributed by atoms with Crippen molar-refractivity contribution in [3.05, 3.63) is 65.7 Å². The number of amides is 1. The van der Waals surface area contributed by atoms with Crippen LogP contribution in [0.15, 0.2) is 59.5 Å². The summed E-state index contributed by atoms with van der Waals surface area (Å²) in [5.41, 5.74) is 4.08. The van der Waals surface area contributed by atoms with Gasteiger partial charge in [0.25, 0.3) is 0 Å². The first-order valence-corrected chi connectivity index (χ1v) is 8.14. The van der Waals surface area contributed by atoms with Gasteiger partial charge in [0, 0.05) is 0 Å². The molecule has 0 aliphatic heterocycles. The monoisotopic (exact) mass is 358 g/mol. The summed E-state index contributed by atoms with van der Waals surface area (Å²) in [4.78, 5) is 10.6. The average molecular weight is 358 g/mol. The largest absolute Gasteiger partial charge is 0.417 e. The first-order chi connectivity index (χ1) is 11.1. The number of alkyl halides is 3. The smallest absolute Gasteiger partial charge is 0.368 e. The van der Waals surface area contributed by atoms with Crippen molar-refractivity contribution in [3.63, 3.8) is 0 Å². The molecule has 0 bridgehead atoms. The maximum Gasteiger partial charge on any atom is 0.417 e. The standard InChI is InChI=1S/C15H13F3N2O3S/c16-15(17,18)11-8-4-5-9-12(11)24(22,23)20-13(14(19)21)10-6-2-1-3-7-10/h1-9,13,20H,(H2,19,21). The lowest BCUT2D eigenvalue weighted by molar-refractivity contribution is -0.139. The van der Waals surface area contributed by atoms with Crippen molar-refractivity contribution in [1.29, 1.82) is 0 Å². The van der Waals surface area contributed by atoms with Crippen LogP contribution < -0.4 is 10.5 Å². The molecule has 0 aliphatic carbocycles. The van der Waals surface area contributed by atoms with E-state index in [1.165, 1.54) is 12.1 Å². The van der Waals surface area contributed by atoms with E-state index in [2.05, 4.69) is 0 Å². The Morgan fingerprint density at radius 2 is 1.54 bits per heavy atom. The molecule has 2 aromatic carbocycles. The van der Waals surface area contributed by atoms with Crippen LogP contribution in [0.1, 0.15) is 17.2 Å². The van der Waals surface area contributed by atoms with Crippen LogP contribution in [-0.2, 0) is 21.0 Å². The summed E-state index contributed by atoms with van der Waals surface area (Å²) in [6.45, 7) is 0. The summed E-state index contributed by atoms with van der Waals surface area (Å²) in [7, 11) is -4.64. The molecule has 1 unspecified atom stereocenters. The quantitative estimate of drug-likeness (QED) is 0.859. The molecule has 0 saturated carbocycles. The zero-order chi connectivity index (χ0) is 18.0. The van der Waals surface area contributed by atoms with Crippen molar-refractivity contribution in [2.24, 2.45) is 5.73 Å². The fourth-order valence-corrected chi connectivity index (χ4v) is 3.51. The molecule has 128 valence electrons. The van der Waals surface area contributed by atoms with Crippen LogP contribution in [0.3, 0.4) is 0 Å². The predicted octanol–water partition coefficient (Wildman–Crippen LogP) is 2.21. The Hall–Kier alpha value is -2.39. The van der Waals surface area contributed by atoms with E-state index in [1.807, 2.05) is 4.72 Å². The van der Waals surface area contributed by atoms with E-state index in [4.69, 9.17) is 5.73 Å². The van der Waals surface area contributed by atoms with E-state index < -0.39 is 38.6 Å². The molecule has 0 heterocycles. The highest BCUT2D eigenvalue weighted by Crippen LogP contribution is 2.34. The number of halogens is 3. The van der Waals surface area contributed by atoms with Crippen molar-refractivity contribution in [1.82, 2.24) is 4.72 Å². The minimum atomic E-state index is -4.86. The second-order valence-electron chi connectivity index (χ2n) is 4.86. The number of hydrogen-bond acceptors (Lipinski definition) is 3. The fourth-order valence-electron chi connectivity index (χ4n) is 2.09. The van der Waals surface area contributed by atoms with Crippen molar-refractivity contribution in [2.45, 2.75) is 17.1 Å². The van der Waals surface area contributed by atoms with Gasteiger partial charge in [-0.2, -0.15) is 17.9 Å². The van der Waals surface area contributed by atoms with Gasteiger partial charge >= 0.3 is 6.18 Å². The Labute approximate surface area is 136 Å². The number of nitrogens with two attached hydrogens (primary N) is 1. The fraction of sp³-hybridized carbons (Fsp3) is 0.133. The zero-order valence-corrected chi connectivity index (χ0v) is 12.9. The molecule has 1 atom stereocenters. The van der Waals surface area contributed by atoms with E-state index in [9.17, 15) is 26.4 Å². The van der Waals surface area contributed by atoms with Crippen LogP contribution in [0.5, 0.6) is 0 Å². The van der Waals surface area contributed by atoms with Crippen LogP contribution in [0.4, 0.5) is 13.2 Å². The van der Waals surface area contributed by atoms with E-state index >= 15 is 0 Å². The lowest BCUT2D eigenvalue weighted by atomic mass is 10.1. The molecule has 0 saturated heterocycles. The van der Waals surface area contributed by atoms with Gasteiger partial charge in [0.15, 0.2) is 0 Å². The molecule has 9 heteroatoms. The van der Waals surface area contributed by atoms with Crippen LogP contribution >= 0.6 is 0 Å². The maximum atomic E-state index is 13.0. The number of hydrogen-bond donors (Lipinski definition) is 2. The topological polar surface area (TPSA) is 89.3 Å². The summed E-state index contributed by atoms with van der Waals surface area (Å²) in [6, 6.07) is 9.81. The van der Waals surface area contributed by atoms with Gasteiger partial charge in [0.2, 0.25) is 15.9 Å². The molecule has 2 aromatic rings. The summed E-state index contributed by atoms with van der Waals surface area (Å²) in [6.07, 6.45) is -4.86. The second-order valence-corrected chi connectivity index (χ2v) is 6.54. The van der Waals surface area contributed by atoms with Crippen molar-refractivity contribution < 1.29 is 26.4 Å². The van der Waals surface area contributed by atoms with E-state index in [1.54, 1.807) is 18.2 Å². The van der Waals surface area contributed by atoms with Crippen LogP contribution in [-0.4, -0.2) is 14.3 Å². The summed E-state index contributed by atoms with van der Waals surface area (Å²) >= 11 is 0. The highest BCUT2D eigenvalue weighted by atomic mass is 32.2. The number of rotatable bonds is 5. The van der Waals surface area contributed by atoms with Crippen LogP contribution in [0.25, 0.3) is 0 Å². The molecule has 0 spiro atoms. The van der Waals surface area contributed by atoms with Gasteiger partial charge in [-0.1, -0.05) is 42.5 Å². The molecule has 0 aliphatic rings.